The number of aryl methyl sites for hydroxylation is 2. The molecular weight excluding hydrogens is 464 g/mol. The van der Waals surface area contributed by atoms with Gasteiger partial charge in [-0.15, -0.1) is 0 Å². The summed E-state index contributed by atoms with van der Waals surface area (Å²) in [5, 5.41) is 8.76. The van der Waals surface area contributed by atoms with E-state index < -0.39 is 5.91 Å². The summed E-state index contributed by atoms with van der Waals surface area (Å²) in [6, 6.07) is 22.5. The monoisotopic (exact) mass is 498 g/mol. The summed E-state index contributed by atoms with van der Waals surface area (Å²) in [6.07, 6.45) is 5.00. The van der Waals surface area contributed by atoms with Crippen LogP contribution < -0.4 is 15.1 Å². The standard InChI is InChI=1S/C30H34N4O3/c1-37-26-12-7-23(8-13-26)21-33-17-19-34(20-18-33)28-15-16-31-29-24(11-14-27(28)29)4-2-3-22-5-9-25(10-6-22)30(35)32-36/h5-16,31,36H,2-4,17-21H2,1H3,(H,32,35). The third-order valence-corrected chi connectivity index (χ3v) is 7.29. The first kappa shape index (κ1) is 24.9. The number of aromatic nitrogens is 1. The van der Waals surface area contributed by atoms with Crippen LogP contribution in [-0.2, 0) is 19.4 Å². The maximum Gasteiger partial charge on any atom is 0.274 e. The summed E-state index contributed by atoms with van der Waals surface area (Å²) in [5.74, 6) is 0.413. The van der Waals surface area contributed by atoms with Crippen LogP contribution in [0.2, 0.25) is 0 Å². The van der Waals surface area contributed by atoms with Crippen LogP contribution in [0.3, 0.4) is 0 Å². The molecule has 0 aromatic heterocycles. The van der Waals surface area contributed by atoms with Gasteiger partial charge in [-0.2, -0.15) is 0 Å². The van der Waals surface area contributed by atoms with Crippen molar-refractivity contribution in [2.75, 3.05) is 38.2 Å². The fourth-order valence-corrected chi connectivity index (χ4v) is 5.19. The summed E-state index contributed by atoms with van der Waals surface area (Å²) in [5.41, 5.74) is 9.80. The van der Waals surface area contributed by atoms with Gasteiger partial charge in [-0.05, 0) is 66.3 Å². The van der Waals surface area contributed by atoms with E-state index >= 15 is 0 Å². The number of ether oxygens (including phenoxy) is 1. The lowest BCUT2D eigenvalue weighted by Gasteiger charge is -2.37. The number of piperazine rings is 1. The number of pyridine rings is 1. The lowest BCUT2D eigenvalue weighted by molar-refractivity contribution is 0.0706. The van der Waals surface area contributed by atoms with Gasteiger partial charge in [0.1, 0.15) is 5.75 Å². The Kier molecular flexibility index (Phi) is 7.73. The number of nitrogens with one attached hydrogen (secondary N) is 2. The van der Waals surface area contributed by atoms with Crippen LogP contribution in [0.4, 0.5) is 5.69 Å². The van der Waals surface area contributed by atoms with Crippen molar-refractivity contribution in [1.82, 2.24) is 15.4 Å². The predicted octanol–water partition coefficient (Wildman–Crippen LogP) is 4.74. The Morgan fingerprint density at radius 1 is 0.919 bits per heavy atom. The molecule has 0 atom stereocenters. The minimum atomic E-state index is -0.486. The summed E-state index contributed by atoms with van der Waals surface area (Å²) < 4.78 is 5.27. The zero-order chi connectivity index (χ0) is 25.6. The molecule has 2 aliphatic heterocycles. The van der Waals surface area contributed by atoms with E-state index in [0.717, 1.165) is 57.7 Å². The summed E-state index contributed by atoms with van der Waals surface area (Å²) in [6.45, 7) is 5.07. The first-order valence-electron chi connectivity index (χ1n) is 12.9. The lowest BCUT2D eigenvalue weighted by atomic mass is 10.0. The minimum Gasteiger partial charge on any atom is -0.497 e. The third kappa shape index (κ3) is 5.79. The number of hydrogen-bond acceptors (Lipinski definition) is 5. The second-order valence-electron chi connectivity index (χ2n) is 9.61. The Hall–Kier alpha value is -3.81. The van der Waals surface area contributed by atoms with E-state index in [-0.39, 0.29) is 0 Å². The number of fused-ring (bicyclic) bond motifs is 1. The minimum absolute atomic E-state index is 0.456. The fraction of sp³-hybridized carbons (Fsp3) is 0.300. The molecule has 1 saturated heterocycles. The van der Waals surface area contributed by atoms with Gasteiger partial charge in [0, 0.05) is 55.7 Å². The molecule has 192 valence electrons. The van der Waals surface area contributed by atoms with E-state index in [4.69, 9.17) is 9.94 Å². The number of aromatic amines is 1. The highest BCUT2D eigenvalue weighted by Gasteiger charge is 2.22. The average Bonchev–Trinajstić information content (AvgIpc) is 3.37. The molecule has 0 radical (unpaired) electrons. The summed E-state index contributed by atoms with van der Waals surface area (Å²) in [4.78, 5) is 20.0. The van der Waals surface area contributed by atoms with Crippen molar-refractivity contribution >= 4 is 11.6 Å². The van der Waals surface area contributed by atoms with Crippen molar-refractivity contribution in [3.63, 3.8) is 0 Å². The highest BCUT2D eigenvalue weighted by Crippen LogP contribution is 2.36. The molecule has 1 fully saturated rings. The van der Waals surface area contributed by atoms with Gasteiger partial charge in [-0.1, -0.05) is 36.4 Å². The molecule has 37 heavy (non-hydrogen) atoms. The van der Waals surface area contributed by atoms with Crippen molar-refractivity contribution < 1.29 is 14.7 Å². The number of anilines is 1. The molecule has 0 unspecified atom stereocenters. The van der Waals surface area contributed by atoms with Gasteiger partial charge < -0.3 is 14.6 Å². The highest BCUT2D eigenvalue weighted by molar-refractivity contribution is 5.93. The average molecular weight is 499 g/mol. The number of amides is 1. The Morgan fingerprint density at radius 2 is 1.65 bits per heavy atom. The van der Waals surface area contributed by atoms with Gasteiger partial charge in [0.15, 0.2) is 0 Å². The summed E-state index contributed by atoms with van der Waals surface area (Å²) in [7, 11) is 1.70. The molecule has 2 heterocycles. The molecule has 0 bridgehead atoms. The van der Waals surface area contributed by atoms with Crippen molar-refractivity contribution in [1.29, 1.82) is 0 Å². The number of rotatable bonds is 9. The van der Waals surface area contributed by atoms with Gasteiger partial charge in [-0.25, -0.2) is 5.48 Å². The van der Waals surface area contributed by atoms with Gasteiger partial charge in [0.05, 0.1) is 12.8 Å². The third-order valence-electron chi connectivity index (χ3n) is 7.29. The molecule has 1 aliphatic carbocycles. The first-order valence-corrected chi connectivity index (χ1v) is 12.9. The van der Waals surface area contributed by atoms with E-state index in [9.17, 15) is 4.79 Å². The zero-order valence-corrected chi connectivity index (χ0v) is 21.2. The van der Waals surface area contributed by atoms with Crippen LogP contribution in [0.1, 0.15) is 33.5 Å². The van der Waals surface area contributed by atoms with Crippen molar-refractivity contribution in [2.45, 2.75) is 25.8 Å². The highest BCUT2D eigenvalue weighted by atomic mass is 16.5. The zero-order valence-electron chi connectivity index (χ0n) is 21.2. The lowest BCUT2D eigenvalue weighted by Crippen LogP contribution is -2.46. The van der Waals surface area contributed by atoms with E-state index in [2.05, 4.69) is 51.3 Å². The summed E-state index contributed by atoms with van der Waals surface area (Å²) >= 11 is 0. The normalized spacial score (nSPS) is 14.2. The van der Waals surface area contributed by atoms with Gasteiger partial charge >= 0.3 is 0 Å². The molecular formula is C30H34N4O3. The Labute approximate surface area is 218 Å². The number of carbonyl (C=O) groups is 1. The molecule has 7 heteroatoms. The second-order valence-corrected chi connectivity index (χ2v) is 9.61. The van der Waals surface area contributed by atoms with Gasteiger partial charge in [0.25, 0.3) is 5.91 Å². The molecule has 1 amide bonds. The van der Waals surface area contributed by atoms with E-state index in [0.29, 0.717) is 5.56 Å². The molecule has 2 aromatic rings. The number of benzene rings is 2. The molecule has 7 nitrogen and oxygen atoms in total. The molecule has 3 N–H and O–H groups in total. The molecule has 3 aliphatic rings. The van der Waals surface area contributed by atoms with Crippen LogP contribution >= 0.6 is 0 Å². The quantitative estimate of drug-likeness (QED) is 0.229. The maximum absolute atomic E-state index is 11.5. The first-order chi connectivity index (χ1) is 18.1. The van der Waals surface area contributed by atoms with E-state index in [1.807, 2.05) is 24.3 Å². The van der Waals surface area contributed by atoms with Crippen LogP contribution in [0.15, 0.2) is 72.9 Å². The van der Waals surface area contributed by atoms with Gasteiger partial charge in [-0.3, -0.25) is 14.9 Å². The molecule has 0 spiro atoms. The van der Waals surface area contributed by atoms with Crippen LogP contribution in [0.5, 0.6) is 5.75 Å². The molecule has 2 aromatic carbocycles. The Bertz CT molecular complexity index is 1280. The Morgan fingerprint density at radius 3 is 2.35 bits per heavy atom. The van der Waals surface area contributed by atoms with Crippen LogP contribution in [0.25, 0.3) is 11.3 Å². The maximum atomic E-state index is 11.5. The van der Waals surface area contributed by atoms with E-state index in [1.165, 1.54) is 33.6 Å². The van der Waals surface area contributed by atoms with E-state index in [1.54, 1.807) is 24.7 Å². The van der Waals surface area contributed by atoms with Crippen molar-refractivity contribution in [2.24, 2.45) is 0 Å². The Balaban J connectivity index is 1.15. The smallest absolute Gasteiger partial charge is 0.274 e. The fourth-order valence-electron chi connectivity index (χ4n) is 5.19. The number of carbonyl (C=O) groups excluding carboxylic acids is 1. The second kappa shape index (κ2) is 11.5. The molecule has 0 saturated carbocycles. The largest absolute Gasteiger partial charge is 0.497 e. The van der Waals surface area contributed by atoms with Crippen molar-refractivity contribution in [3.8, 4) is 17.0 Å². The number of H-pyrrole nitrogens is 1. The SMILES string of the molecule is COc1ccc(CN2CCN(c3cc[nH]c4c(CCCc5ccc(C(=O)NO)cc5)ccc3-4)CC2)cc1. The van der Waals surface area contributed by atoms with Crippen LogP contribution in [0, 0.1) is 0 Å². The number of hydroxylamine groups is 1. The number of methoxy groups -OCH3 is 1. The topological polar surface area (TPSA) is 80.8 Å². The van der Waals surface area contributed by atoms with Crippen molar-refractivity contribution in [3.05, 3.63) is 95.2 Å². The number of nitrogens with zero attached hydrogens (tertiary/aromatic N) is 2. The molecule has 5 rings (SSSR count). The number of hydrogen-bond donors (Lipinski definition) is 3. The van der Waals surface area contributed by atoms with Gasteiger partial charge in [0.2, 0.25) is 0 Å². The predicted molar refractivity (Wildman–Crippen MR) is 146 cm³/mol. The van der Waals surface area contributed by atoms with Crippen LogP contribution in [-0.4, -0.2) is 54.3 Å².